The summed E-state index contributed by atoms with van der Waals surface area (Å²) < 4.78 is 0. The summed E-state index contributed by atoms with van der Waals surface area (Å²) in [6.45, 7) is 6.34. The molecule has 0 bridgehead atoms. The van der Waals surface area contributed by atoms with Gasteiger partial charge in [0.1, 0.15) is 0 Å². The van der Waals surface area contributed by atoms with E-state index in [2.05, 4.69) is 40.0 Å². The van der Waals surface area contributed by atoms with Gasteiger partial charge in [0, 0.05) is 43.2 Å². The van der Waals surface area contributed by atoms with E-state index in [9.17, 15) is 4.79 Å². The molecule has 1 aromatic rings. The number of benzene rings is 1. The Morgan fingerprint density at radius 1 is 1.17 bits per heavy atom. The molecule has 0 heterocycles. The topological polar surface area (TPSA) is 65.5 Å². The Bertz CT molecular complexity index is 485. The predicted molar refractivity (Wildman–Crippen MR) is 114 cm³/mol. The summed E-state index contributed by atoms with van der Waals surface area (Å²) in [6, 6.07) is 10.3. The highest BCUT2D eigenvalue weighted by molar-refractivity contribution is 14.0. The van der Waals surface area contributed by atoms with Crippen molar-refractivity contribution in [2.24, 2.45) is 4.99 Å². The standard InChI is InChI=1S/C17H28N4OS.HI/c1-4-11-19-16(22)10-12-20-17(18-3)21-13-14(2)23-15-8-6-5-7-9-15;/h5-9,14H,4,10-13H2,1-3H3,(H,19,22)(H2,18,20,21);1H. The Balaban J connectivity index is 0.00000529. The molecule has 0 aliphatic carbocycles. The Kier molecular flexibility index (Phi) is 13.8. The molecule has 1 amide bonds. The third-order valence-corrected chi connectivity index (χ3v) is 4.19. The van der Waals surface area contributed by atoms with Gasteiger partial charge < -0.3 is 16.0 Å². The van der Waals surface area contributed by atoms with E-state index in [0.29, 0.717) is 18.2 Å². The fourth-order valence-corrected chi connectivity index (χ4v) is 2.83. The average Bonchev–Trinajstić information content (AvgIpc) is 2.57. The molecule has 0 aliphatic rings. The van der Waals surface area contributed by atoms with Crippen molar-refractivity contribution in [3.05, 3.63) is 30.3 Å². The number of amides is 1. The van der Waals surface area contributed by atoms with Crippen molar-refractivity contribution in [3.8, 4) is 0 Å². The number of thioether (sulfide) groups is 1. The lowest BCUT2D eigenvalue weighted by Crippen LogP contribution is -2.41. The Morgan fingerprint density at radius 3 is 2.50 bits per heavy atom. The predicted octanol–water partition coefficient (Wildman–Crippen LogP) is 2.87. The van der Waals surface area contributed by atoms with Crippen molar-refractivity contribution in [1.82, 2.24) is 16.0 Å². The third kappa shape index (κ3) is 10.7. The molecule has 5 nitrogen and oxygen atoms in total. The zero-order chi connectivity index (χ0) is 16.9. The van der Waals surface area contributed by atoms with Crippen molar-refractivity contribution >= 4 is 47.6 Å². The maximum atomic E-state index is 11.5. The molecular weight excluding hydrogens is 435 g/mol. The molecule has 7 heteroatoms. The Morgan fingerprint density at radius 2 is 1.88 bits per heavy atom. The summed E-state index contributed by atoms with van der Waals surface area (Å²) in [5.41, 5.74) is 0. The second-order valence-corrected chi connectivity index (χ2v) is 6.73. The summed E-state index contributed by atoms with van der Waals surface area (Å²) in [6.07, 6.45) is 1.41. The van der Waals surface area contributed by atoms with Crippen LogP contribution in [0.5, 0.6) is 0 Å². The quantitative estimate of drug-likeness (QED) is 0.228. The van der Waals surface area contributed by atoms with Crippen LogP contribution in [0.25, 0.3) is 0 Å². The van der Waals surface area contributed by atoms with Crippen LogP contribution in [0.4, 0.5) is 0 Å². The second-order valence-electron chi connectivity index (χ2n) is 5.22. The van der Waals surface area contributed by atoms with Crippen molar-refractivity contribution < 1.29 is 4.79 Å². The summed E-state index contributed by atoms with van der Waals surface area (Å²) in [4.78, 5) is 17.0. The molecular formula is C17H29IN4OS. The lowest BCUT2D eigenvalue weighted by Gasteiger charge is -2.15. The van der Waals surface area contributed by atoms with Crippen LogP contribution in [-0.2, 0) is 4.79 Å². The van der Waals surface area contributed by atoms with Gasteiger partial charge in [0.25, 0.3) is 0 Å². The van der Waals surface area contributed by atoms with Gasteiger partial charge in [-0.15, -0.1) is 35.7 Å². The molecule has 0 fully saturated rings. The number of rotatable bonds is 9. The van der Waals surface area contributed by atoms with E-state index >= 15 is 0 Å². The zero-order valence-electron chi connectivity index (χ0n) is 14.7. The van der Waals surface area contributed by atoms with Crippen LogP contribution in [0.15, 0.2) is 40.2 Å². The van der Waals surface area contributed by atoms with Gasteiger partial charge in [-0.1, -0.05) is 32.0 Å². The molecule has 24 heavy (non-hydrogen) atoms. The molecule has 1 atom stereocenters. The van der Waals surface area contributed by atoms with Crippen LogP contribution in [0.3, 0.4) is 0 Å². The first-order valence-corrected chi connectivity index (χ1v) is 8.96. The van der Waals surface area contributed by atoms with E-state index in [1.807, 2.05) is 36.9 Å². The fourth-order valence-electron chi connectivity index (χ4n) is 1.88. The van der Waals surface area contributed by atoms with E-state index < -0.39 is 0 Å². The summed E-state index contributed by atoms with van der Waals surface area (Å²) >= 11 is 1.82. The van der Waals surface area contributed by atoms with Gasteiger partial charge in [-0.2, -0.15) is 0 Å². The van der Waals surface area contributed by atoms with E-state index in [4.69, 9.17) is 0 Å². The van der Waals surface area contributed by atoms with Gasteiger partial charge in [0.2, 0.25) is 5.91 Å². The van der Waals surface area contributed by atoms with Crippen molar-refractivity contribution in [2.75, 3.05) is 26.7 Å². The number of carbonyl (C=O) groups excluding carboxylic acids is 1. The third-order valence-electron chi connectivity index (χ3n) is 3.08. The number of hydrogen-bond acceptors (Lipinski definition) is 3. The second kappa shape index (κ2) is 14.4. The molecule has 1 rings (SSSR count). The maximum Gasteiger partial charge on any atom is 0.221 e. The number of aliphatic imine (C=N–C) groups is 1. The lowest BCUT2D eigenvalue weighted by atomic mass is 10.4. The number of nitrogens with zero attached hydrogens (tertiary/aromatic N) is 1. The molecule has 0 saturated heterocycles. The normalized spacial score (nSPS) is 12.0. The zero-order valence-corrected chi connectivity index (χ0v) is 17.8. The molecule has 0 spiro atoms. The minimum Gasteiger partial charge on any atom is -0.356 e. The minimum absolute atomic E-state index is 0. The van der Waals surface area contributed by atoms with Gasteiger partial charge >= 0.3 is 0 Å². The smallest absolute Gasteiger partial charge is 0.221 e. The number of nitrogens with one attached hydrogen (secondary N) is 3. The molecule has 0 radical (unpaired) electrons. The lowest BCUT2D eigenvalue weighted by molar-refractivity contribution is -0.120. The minimum atomic E-state index is 0. The highest BCUT2D eigenvalue weighted by atomic mass is 127. The monoisotopic (exact) mass is 464 g/mol. The molecule has 0 aromatic heterocycles. The summed E-state index contributed by atoms with van der Waals surface area (Å²) in [7, 11) is 1.74. The van der Waals surface area contributed by atoms with Crippen LogP contribution >= 0.6 is 35.7 Å². The molecule has 1 unspecified atom stereocenters. The van der Waals surface area contributed by atoms with Crippen molar-refractivity contribution in [3.63, 3.8) is 0 Å². The maximum absolute atomic E-state index is 11.5. The van der Waals surface area contributed by atoms with Gasteiger partial charge in [0.15, 0.2) is 5.96 Å². The van der Waals surface area contributed by atoms with Gasteiger partial charge in [-0.3, -0.25) is 9.79 Å². The largest absolute Gasteiger partial charge is 0.356 e. The van der Waals surface area contributed by atoms with E-state index in [1.54, 1.807) is 7.05 Å². The van der Waals surface area contributed by atoms with E-state index in [1.165, 1.54) is 4.90 Å². The van der Waals surface area contributed by atoms with Crippen LogP contribution in [-0.4, -0.2) is 43.8 Å². The first-order valence-electron chi connectivity index (χ1n) is 8.08. The Labute approximate surface area is 166 Å². The molecule has 136 valence electrons. The molecule has 1 aromatic carbocycles. The summed E-state index contributed by atoms with van der Waals surface area (Å²) in [5.74, 6) is 0.802. The number of hydrogen-bond donors (Lipinski definition) is 3. The van der Waals surface area contributed by atoms with E-state index in [0.717, 1.165) is 25.5 Å². The van der Waals surface area contributed by atoms with Crippen molar-refractivity contribution in [2.45, 2.75) is 36.8 Å². The van der Waals surface area contributed by atoms with Crippen LogP contribution in [0.2, 0.25) is 0 Å². The van der Waals surface area contributed by atoms with Gasteiger partial charge in [-0.05, 0) is 18.6 Å². The highest BCUT2D eigenvalue weighted by Gasteiger charge is 2.06. The molecule has 0 saturated carbocycles. The summed E-state index contributed by atoms with van der Waals surface area (Å²) in [5, 5.41) is 9.74. The number of guanidine groups is 1. The van der Waals surface area contributed by atoms with Gasteiger partial charge in [-0.25, -0.2) is 0 Å². The average molecular weight is 464 g/mol. The van der Waals surface area contributed by atoms with E-state index in [-0.39, 0.29) is 29.9 Å². The first kappa shape index (κ1) is 23.0. The SMILES string of the molecule is CCCNC(=O)CCNC(=NC)NCC(C)Sc1ccccc1.I. The van der Waals surface area contributed by atoms with Crippen LogP contribution < -0.4 is 16.0 Å². The fraction of sp³-hybridized carbons (Fsp3) is 0.529. The number of halogens is 1. The first-order chi connectivity index (χ1) is 11.2. The number of carbonyl (C=O) groups is 1. The van der Waals surface area contributed by atoms with Crippen LogP contribution in [0.1, 0.15) is 26.7 Å². The molecule has 3 N–H and O–H groups in total. The van der Waals surface area contributed by atoms with Crippen molar-refractivity contribution in [1.29, 1.82) is 0 Å². The van der Waals surface area contributed by atoms with Crippen LogP contribution in [0, 0.1) is 0 Å². The Hall–Kier alpha value is -0.960. The van der Waals surface area contributed by atoms with Gasteiger partial charge in [0.05, 0.1) is 0 Å². The molecule has 0 aliphatic heterocycles. The highest BCUT2D eigenvalue weighted by Crippen LogP contribution is 2.21.